The zero-order valence-corrected chi connectivity index (χ0v) is 11.1. The molecule has 0 unspecified atom stereocenters. The predicted molar refractivity (Wildman–Crippen MR) is 76.5 cm³/mol. The lowest BCUT2D eigenvalue weighted by Gasteiger charge is -2.02. The van der Waals surface area contributed by atoms with E-state index in [9.17, 15) is 14.7 Å². The van der Waals surface area contributed by atoms with E-state index in [0.717, 1.165) is 6.07 Å². The summed E-state index contributed by atoms with van der Waals surface area (Å²) < 4.78 is 1.28. The van der Waals surface area contributed by atoms with Gasteiger partial charge < -0.3 is 14.8 Å². The average molecular weight is 287 g/mol. The summed E-state index contributed by atoms with van der Waals surface area (Å²) in [5.41, 5.74) is 2.68. The van der Waals surface area contributed by atoms with Gasteiger partial charge in [-0.25, -0.2) is 5.43 Å². The number of hydrazone groups is 1. The number of aromatic nitrogens is 1. The molecule has 21 heavy (non-hydrogen) atoms. The van der Waals surface area contributed by atoms with Crippen molar-refractivity contribution in [1.82, 2.24) is 9.99 Å². The van der Waals surface area contributed by atoms with E-state index in [0.29, 0.717) is 5.56 Å². The largest absolute Gasteiger partial charge is 0.508 e. The summed E-state index contributed by atoms with van der Waals surface area (Å²) >= 11 is 0. The minimum absolute atomic E-state index is 0.0705. The van der Waals surface area contributed by atoms with E-state index in [2.05, 4.69) is 10.5 Å². The fraction of sp³-hybridized carbons (Fsp3) is 0.0714. The van der Waals surface area contributed by atoms with Crippen LogP contribution in [0.5, 0.6) is 11.5 Å². The number of hydrogen-bond acceptors (Lipinski definition) is 5. The van der Waals surface area contributed by atoms with Crippen LogP contribution in [0.15, 0.2) is 46.4 Å². The van der Waals surface area contributed by atoms with Crippen LogP contribution in [0.4, 0.5) is 0 Å². The molecular formula is C14H13N3O4. The molecule has 7 heteroatoms. The summed E-state index contributed by atoms with van der Waals surface area (Å²) in [6, 6.07) is 6.67. The van der Waals surface area contributed by atoms with Gasteiger partial charge in [0.2, 0.25) is 5.56 Å². The van der Waals surface area contributed by atoms with Gasteiger partial charge in [0.05, 0.1) is 11.8 Å². The third kappa shape index (κ3) is 3.47. The highest BCUT2D eigenvalue weighted by atomic mass is 16.3. The number of phenols is 2. The molecule has 0 aliphatic carbocycles. The molecule has 3 N–H and O–H groups in total. The van der Waals surface area contributed by atoms with E-state index < -0.39 is 5.91 Å². The van der Waals surface area contributed by atoms with E-state index in [-0.39, 0.29) is 22.6 Å². The molecule has 0 saturated carbocycles. The molecule has 0 bridgehead atoms. The zero-order valence-electron chi connectivity index (χ0n) is 11.1. The normalized spacial score (nSPS) is 10.7. The van der Waals surface area contributed by atoms with Crippen LogP contribution < -0.4 is 11.0 Å². The predicted octanol–water partition coefficient (Wildman–Crippen LogP) is 0.560. The molecule has 7 nitrogen and oxygen atoms in total. The van der Waals surface area contributed by atoms with Crippen molar-refractivity contribution < 1.29 is 15.0 Å². The van der Waals surface area contributed by atoms with E-state index in [1.54, 1.807) is 0 Å². The topological polar surface area (TPSA) is 104 Å². The highest BCUT2D eigenvalue weighted by Crippen LogP contribution is 2.20. The Morgan fingerprint density at radius 1 is 1.29 bits per heavy atom. The minimum atomic E-state index is -0.486. The number of nitrogens with one attached hydrogen (secondary N) is 1. The number of rotatable bonds is 3. The Morgan fingerprint density at radius 3 is 2.71 bits per heavy atom. The fourth-order valence-electron chi connectivity index (χ4n) is 1.59. The Balaban J connectivity index is 2.08. The van der Waals surface area contributed by atoms with Crippen LogP contribution in [0.3, 0.4) is 0 Å². The number of carbonyl (C=O) groups is 1. The Labute approximate surface area is 119 Å². The second kappa shape index (κ2) is 5.91. The van der Waals surface area contributed by atoms with Crippen molar-refractivity contribution in [3.8, 4) is 11.5 Å². The summed E-state index contributed by atoms with van der Waals surface area (Å²) in [6.45, 7) is 0. The van der Waals surface area contributed by atoms with Crippen LogP contribution in [-0.2, 0) is 7.05 Å². The molecule has 1 aromatic heterocycles. The van der Waals surface area contributed by atoms with Gasteiger partial charge in [-0.05, 0) is 18.2 Å². The summed E-state index contributed by atoms with van der Waals surface area (Å²) in [5.74, 6) is -0.714. The zero-order chi connectivity index (χ0) is 15.4. The lowest BCUT2D eigenvalue weighted by atomic mass is 10.2. The van der Waals surface area contributed by atoms with Crippen molar-refractivity contribution in [3.63, 3.8) is 0 Å². The number of hydrogen-bond donors (Lipinski definition) is 3. The number of benzene rings is 1. The number of phenolic OH excluding ortho intramolecular Hbond substituents is 2. The summed E-state index contributed by atoms with van der Waals surface area (Å²) in [4.78, 5) is 23.0. The van der Waals surface area contributed by atoms with Crippen LogP contribution >= 0.6 is 0 Å². The molecule has 1 aromatic carbocycles. The Bertz CT molecular complexity index is 765. The standard InChI is InChI=1S/C14H13N3O4/c1-17-8-10(3-5-13(17)20)14(21)16-15-7-9-2-4-11(18)6-12(9)19/h2-8,18-19H,1H3,(H,16,21). The van der Waals surface area contributed by atoms with Crippen molar-refractivity contribution in [2.24, 2.45) is 12.1 Å². The summed E-state index contributed by atoms with van der Waals surface area (Å²) in [7, 11) is 1.54. The average Bonchev–Trinajstić information content (AvgIpc) is 2.44. The monoisotopic (exact) mass is 287 g/mol. The smallest absolute Gasteiger partial charge is 0.272 e. The van der Waals surface area contributed by atoms with Crippen LogP contribution in [0.1, 0.15) is 15.9 Å². The Kier molecular flexibility index (Phi) is 4.03. The number of amides is 1. The number of aryl methyl sites for hydroxylation is 1. The van der Waals surface area contributed by atoms with Gasteiger partial charge in [-0.3, -0.25) is 9.59 Å². The second-order valence-electron chi connectivity index (χ2n) is 4.31. The first kappa shape index (κ1) is 14.3. The van der Waals surface area contributed by atoms with Crippen LogP contribution in [-0.4, -0.2) is 26.9 Å². The van der Waals surface area contributed by atoms with Gasteiger partial charge in [0.1, 0.15) is 11.5 Å². The van der Waals surface area contributed by atoms with Gasteiger partial charge in [-0.1, -0.05) is 0 Å². The molecule has 2 aromatic rings. The quantitative estimate of drug-likeness (QED) is 0.566. The lowest BCUT2D eigenvalue weighted by molar-refractivity contribution is 0.0954. The van der Waals surface area contributed by atoms with Crippen molar-refractivity contribution >= 4 is 12.1 Å². The lowest BCUT2D eigenvalue weighted by Crippen LogP contribution is -2.22. The first-order valence-electron chi connectivity index (χ1n) is 5.99. The van der Waals surface area contributed by atoms with Gasteiger partial charge >= 0.3 is 0 Å². The molecule has 0 aliphatic rings. The maximum Gasteiger partial charge on any atom is 0.272 e. The molecule has 0 fully saturated rings. The highest BCUT2D eigenvalue weighted by Gasteiger charge is 2.05. The maximum absolute atomic E-state index is 11.8. The van der Waals surface area contributed by atoms with Crippen molar-refractivity contribution in [2.45, 2.75) is 0 Å². The number of pyridine rings is 1. The first-order chi connectivity index (χ1) is 9.97. The third-order valence-corrected chi connectivity index (χ3v) is 2.73. The van der Waals surface area contributed by atoms with Gasteiger partial charge in [0.25, 0.3) is 5.91 Å². The summed E-state index contributed by atoms with van der Waals surface area (Å²) in [5, 5.41) is 22.4. The highest BCUT2D eigenvalue weighted by molar-refractivity contribution is 5.94. The van der Waals surface area contributed by atoms with Crippen molar-refractivity contribution in [3.05, 3.63) is 58.0 Å². The SMILES string of the molecule is Cn1cc(C(=O)NN=Cc2ccc(O)cc2O)ccc1=O. The van der Waals surface area contributed by atoms with E-state index in [1.807, 2.05) is 0 Å². The van der Waals surface area contributed by atoms with Crippen molar-refractivity contribution in [1.29, 1.82) is 0 Å². The second-order valence-corrected chi connectivity index (χ2v) is 4.31. The molecule has 0 saturated heterocycles. The molecule has 2 rings (SSSR count). The molecule has 108 valence electrons. The van der Waals surface area contributed by atoms with Gasteiger partial charge in [-0.2, -0.15) is 5.10 Å². The van der Waals surface area contributed by atoms with Crippen LogP contribution in [0, 0.1) is 0 Å². The fourth-order valence-corrected chi connectivity index (χ4v) is 1.59. The van der Waals surface area contributed by atoms with E-state index in [4.69, 9.17) is 5.11 Å². The molecule has 0 aliphatic heterocycles. The van der Waals surface area contributed by atoms with Gasteiger partial charge in [0, 0.05) is 30.9 Å². The molecule has 1 amide bonds. The molecular weight excluding hydrogens is 274 g/mol. The molecule has 0 spiro atoms. The van der Waals surface area contributed by atoms with Crippen molar-refractivity contribution in [2.75, 3.05) is 0 Å². The van der Waals surface area contributed by atoms with E-state index in [1.165, 1.54) is 48.3 Å². The maximum atomic E-state index is 11.8. The minimum Gasteiger partial charge on any atom is -0.508 e. The Hall–Kier alpha value is -3.09. The van der Waals surface area contributed by atoms with Gasteiger partial charge in [0.15, 0.2) is 0 Å². The Morgan fingerprint density at radius 2 is 2.05 bits per heavy atom. The van der Waals surface area contributed by atoms with Crippen LogP contribution in [0.25, 0.3) is 0 Å². The number of carbonyl (C=O) groups excluding carboxylic acids is 1. The van der Waals surface area contributed by atoms with E-state index >= 15 is 0 Å². The first-order valence-corrected chi connectivity index (χ1v) is 5.99. The van der Waals surface area contributed by atoms with Gasteiger partial charge in [-0.15, -0.1) is 0 Å². The number of nitrogens with zero attached hydrogens (tertiary/aromatic N) is 2. The molecule has 0 atom stereocenters. The molecule has 0 radical (unpaired) electrons. The molecule has 1 heterocycles. The number of aromatic hydroxyl groups is 2. The van der Waals surface area contributed by atoms with Crippen LogP contribution in [0.2, 0.25) is 0 Å². The third-order valence-electron chi connectivity index (χ3n) is 2.73. The summed E-state index contributed by atoms with van der Waals surface area (Å²) in [6.07, 6.45) is 2.64.